The van der Waals surface area contributed by atoms with Gasteiger partial charge in [-0.1, -0.05) is 91.7 Å². The zero-order chi connectivity index (χ0) is 54.2. The van der Waals surface area contributed by atoms with Gasteiger partial charge < -0.3 is 33.9 Å². The predicted octanol–water partition coefficient (Wildman–Crippen LogP) is 7.78. The molecule has 11 rings (SSSR count). The Morgan fingerprint density at radius 1 is 0.883 bits per heavy atom. The molecule has 1 aromatic heterocycles. The summed E-state index contributed by atoms with van der Waals surface area (Å²) >= 11 is 0. The normalized spacial score (nSPS) is 30.8. The number of fused-ring (bicyclic) bond motifs is 4. The largest absolute Gasteiger partial charge is 0.496 e. The van der Waals surface area contributed by atoms with Crippen LogP contribution in [0.25, 0.3) is 10.9 Å². The first-order chi connectivity index (χ1) is 37.0. The number of nitrogens with one attached hydrogen (secondary N) is 1. The second-order valence-corrected chi connectivity index (χ2v) is 24.3. The summed E-state index contributed by atoms with van der Waals surface area (Å²) in [4.78, 5) is 54.9. The number of para-hydroxylation sites is 1. The average Bonchev–Trinajstić information content (AvgIpc) is 3.45. The Balaban J connectivity index is 1.14. The Morgan fingerprint density at radius 3 is 2.34 bits per heavy atom. The first kappa shape index (κ1) is 53.0. The summed E-state index contributed by atoms with van der Waals surface area (Å²) < 4.78 is 58.3. The number of anilines is 1. The van der Waals surface area contributed by atoms with Gasteiger partial charge in [0.25, 0.3) is 10.1 Å². The predicted molar refractivity (Wildman–Crippen MR) is 291 cm³/mol. The van der Waals surface area contributed by atoms with Gasteiger partial charge in [-0.3, -0.25) is 23.6 Å². The molecule has 1 spiro atoms. The van der Waals surface area contributed by atoms with Crippen LogP contribution in [0.3, 0.4) is 0 Å². The van der Waals surface area contributed by atoms with E-state index in [2.05, 4.69) is 51.2 Å². The molecule has 5 aromatic rings. The van der Waals surface area contributed by atoms with Gasteiger partial charge in [-0.2, -0.15) is 8.42 Å². The van der Waals surface area contributed by atoms with Gasteiger partial charge in [-0.25, -0.2) is 4.79 Å². The molecular formula is C61H72N4O11S. The molecule has 2 N–H and O–H groups in total. The molecule has 0 bridgehead atoms. The number of esters is 3. The lowest BCUT2D eigenvalue weighted by atomic mass is 9.47. The summed E-state index contributed by atoms with van der Waals surface area (Å²) in [5.41, 5.74) is 0.766. The minimum atomic E-state index is -4.09. The highest BCUT2D eigenvalue weighted by atomic mass is 32.2. The van der Waals surface area contributed by atoms with E-state index in [0.29, 0.717) is 74.7 Å². The number of H-pyrrole nitrogens is 1. The summed E-state index contributed by atoms with van der Waals surface area (Å²) in [6.07, 6.45) is 6.93. The molecule has 2 aliphatic carbocycles. The second kappa shape index (κ2) is 20.0. The van der Waals surface area contributed by atoms with Crippen molar-refractivity contribution in [1.82, 2.24) is 14.8 Å². The van der Waals surface area contributed by atoms with Crippen LogP contribution in [-0.2, 0) is 66.7 Å². The summed E-state index contributed by atoms with van der Waals surface area (Å²) in [6, 6.07) is 27.9. The minimum absolute atomic E-state index is 0.0136. The van der Waals surface area contributed by atoms with Crippen molar-refractivity contribution in [3.05, 3.63) is 137 Å². The number of aryl methyl sites for hydroxylation is 1. The smallest absolute Gasteiger partial charge is 0.344 e. The molecule has 5 heterocycles. The molecule has 0 unspecified atom stereocenters. The highest BCUT2D eigenvalue weighted by Crippen LogP contribution is 2.68. The maximum Gasteiger partial charge on any atom is 0.344 e. The highest BCUT2D eigenvalue weighted by Gasteiger charge is 2.80. The topological polar surface area (TPSA) is 177 Å². The van der Waals surface area contributed by atoms with Gasteiger partial charge in [0.2, 0.25) is 5.60 Å². The molecule has 408 valence electrons. The van der Waals surface area contributed by atoms with E-state index in [0.717, 1.165) is 52.4 Å². The van der Waals surface area contributed by atoms with E-state index in [-0.39, 0.29) is 41.7 Å². The van der Waals surface area contributed by atoms with Crippen LogP contribution in [0.5, 0.6) is 5.75 Å². The summed E-state index contributed by atoms with van der Waals surface area (Å²) in [5.74, 6) is -2.09. The van der Waals surface area contributed by atoms with Crippen molar-refractivity contribution in [1.29, 1.82) is 0 Å². The van der Waals surface area contributed by atoms with Gasteiger partial charge in [0.1, 0.15) is 11.2 Å². The molecule has 3 fully saturated rings. The van der Waals surface area contributed by atoms with Crippen molar-refractivity contribution in [3.8, 4) is 5.75 Å². The number of aromatic amines is 1. The number of carbonyl (C=O) groups excluding carboxylic acids is 3. The first-order valence-electron chi connectivity index (χ1n) is 27.3. The van der Waals surface area contributed by atoms with Gasteiger partial charge in [0, 0.05) is 90.9 Å². The standard InChI is InChI=1S/C61H72N4O11S/c1-8-58-27-15-29-65-31-28-59(53(58)65)47-32-48(51(72-5)33-50(47)63(4)54(59)61(69,57(68)74-7)55(58)76-39(3)66)60(56(67)73-6)34-42(44-20-14-18-41(44)37-75-77(70,71)43-24-22-38(2)23-25-43)36-64(35-40-16-10-9-11-17-40)30-26-46-45-19-12-13-21-49(45)62-52(46)60/h9-13,15-17,19,21-25,27,32-33,41-42,44,53-55,62,69H,8,14,18,20,26,28-31,34-37H2,1-7H3/t41-,42-,44-,53-,54+,55+,58+,59+,60+,61-/m0/s1. The fourth-order valence-electron chi connectivity index (χ4n) is 16.0. The summed E-state index contributed by atoms with van der Waals surface area (Å²) in [5, 5.41) is 14.6. The third kappa shape index (κ3) is 8.16. The van der Waals surface area contributed by atoms with Crippen LogP contribution in [0.1, 0.15) is 85.9 Å². The number of ether oxygens (including phenoxy) is 4. The Hall–Kier alpha value is -6.04. The van der Waals surface area contributed by atoms with E-state index in [1.54, 1.807) is 31.4 Å². The second-order valence-electron chi connectivity index (χ2n) is 22.7. The van der Waals surface area contributed by atoms with Gasteiger partial charge in [0.05, 0.1) is 38.9 Å². The number of likely N-dealkylation sites (N-methyl/N-ethyl adjacent to an activating group) is 1. The Labute approximate surface area is 452 Å². The van der Waals surface area contributed by atoms with E-state index >= 15 is 4.79 Å². The molecule has 6 aliphatic rings. The van der Waals surface area contributed by atoms with E-state index in [9.17, 15) is 23.1 Å². The fraction of sp³-hybridized carbons (Fsp3) is 0.492. The van der Waals surface area contributed by atoms with Gasteiger partial charge in [0.15, 0.2) is 6.10 Å². The lowest BCUT2D eigenvalue weighted by Crippen LogP contribution is -2.81. The molecule has 10 atom stereocenters. The Morgan fingerprint density at radius 2 is 1.62 bits per heavy atom. The van der Waals surface area contributed by atoms with Gasteiger partial charge in [-0.05, 0) is 111 Å². The molecule has 0 radical (unpaired) electrons. The van der Waals surface area contributed by atoms with Crippen molar-refractivity contribution in [3.63, 3.8) is 0 Å². The van der Waals surface area contributed by atoms with Crippen LogP contribution in [0.2, 0.25) is 0 Å². The third-order valence-electron chi connectivity index (χ3n) is 19.0. The van der Waals surface area contributed by atoms with Crippen LogP contribution >= 0.6 is 0 Å². The SMILES string of the molecule is CC[C@]12C=CCN3CC[C@@]4(c5cc([C@]6(C(=O)OC)C[C@H]([C@H]7CCC[C@H]7COS(=O)(=O)c7ccc(C)cc7)CN(Cc7ccccc7)CCc7c6[nH]c6ccccc76)c(OC)cc5N(C)[C@H]4[C@@](O)(C(=O)OC)[C@@H]1OC(C)=O)[C@@H]32. The number of hydrogen-bond acceptors (Lipinski definition) is 14. The zero-order valence-corrected chi connectivity index (χ0v) is 46.1. The highest BCUT2D eigenvalue weighted by molar-refractivity contribution is 7.86. The van der Waals surface area contributed by atoms with Crippen LogP contribution in [0, 0.1) is 30.1 Å². The van der Waals surface area contributed by atoms with Gasteiger partial charge >= 0.3 is 17.9 Å². The summed E-state index contributed by atoms with van der Waals surface area (Å²) in [7, 11) is 2.06. The van der Waals surface area contributed by atoms with Crippen molar-refractivity contribution >= 4 is 44.6 Å². The number of aliphatic hydroxyl groups is 1. The number of carbonyl (C=O) groups is 3. The van der Waals surface area contributed by atoms with Gasteiger partial charge in [-0.15, -0.1) is 0 Å². The molecular weight excluding hydrogens is 997 g/mol. The van der Waals surface area contributed by atoms with Crippen molar-refractivity contribution in [2.75, 3.05) is 66.1 Å². The number of benzene rings is 4. The minimum Gasteiger partial charge on any atom is -0.496 e. The van der Waals surface area contributed by atoms with Crippen molar-refractivity contribution < 1.29 is 51.0 Å². The zero-order valence-electron chi connectivity index (χ0n) is 45.3. The number of nitrogens with zero attached hydrogens (tertiary/aromatic N) is 3. The number of rotatable bonds is 13. The molecule has 16 heteroatoms. The molecule has 2 saturated carbocycles. The lowest BCUT2D eigenvalue weighted by Gasteiger charge is -2.63. The number of aromatic nitrogens is 1. The van der Waals surface area contributed by atoms with E-state index in [1.807, 2.05) is 68.3 Å². The quantitative estimate of drug-likeness (QED) is 0.0506. The molecule has 1 saturated heterocycles. The van der Waals surface area contributed by atoms with E-state index in [4.69, 9.17) is 23.1 Å². The number of hydrogen-bond donors (Lipinski definition) is 2. The summed E-state index contributed by atoms with van der Waals surface area (Å²) in [6.45, 7) is 8.32. The monoisotopic (exact) mass is 1070 g/mol. The van der Waals surface area contributed by atoms with Crippen LogP contribution in [-0.4, -0.2) is 131 Å². The van der Waals surface area contributed by atoms with Crippen LogP contribution < -0.4 is 9.64 Å². The molecule has 4 aliphatic heterocycles. The van der Waals surface area contributed by atoms with Crippen LogP contribution in [0.15, 0.2) is 108 Å². The molecule has 4 aromatic carbocycles. The lowest BCUT2D eigenvalue weighted by molar-refractivity contribution is -0.228. The third-order valence-corrected chi connectivity index (χ3v) is 20.3. The van der Waals surface area contributed by atoms with Crippen molar-refractivity contribution in [2.45, 2.75) is 112 Å². The van der Waals surface area contributed by atoms with E-state index in [1.165, 1.54) is 21.1 Å². The maximum absolute atomic E-state index is 16.1. The average molecular weight is 1070 g/mol. The molecule has 15 nitrogen and oxygen atoms in total. The van der Waals surface area contributed by atoms with Crippen molar-refractivity contribution in [2.24, 2.45) is 23.2 Å². The maximum atomic E-state index is 16.1. The molecule has 77 heavy (non-hydrogen) atoms. The van der Waals surface area contributed by atoms with Crippen LogP contribution in [0.4, 0.5) is 5.69 Å². The van der Waals surface area contributed by atoms with E-state index < -0.39 is 62.0 Å². The molecule has 0 amide bonds. The Kier molecular flexibility index (Phi) is 13.8. The number of methoxy groups -OCH3 is 3. The first-order valence-corrected chi connectivity index (χ1v) is 28.7. The Bertz CT molecular complexity index is 3240. The fourth-order valence-corrected chi connectivity index (χ4v) is 17.0.